The highest BCUT2D eigenvalue weighted by atomic mass is 16.5. The fraction of sp³-hybridized carbons (Fsp3) is 0.143. The monoisotopic (exact) mass is 796 g/mol. The highest BCUT2D eigenvalue weighted by Crippen LogP contribution is 2.47. The number of aromatic nitrogens is 2. The lowest BCUT2D eigenvalue weighted by molar-refractivity contribution is 0.483. The third-order valence-electron chi connectivity index (χ3n) is 11.5. The van der Waals surface area contributed by atoms with Gasteiger partial charge in [-0.2, -0.15) is 0 Å². The van der Waals surface area contributed by atoms with Gasteiger partial charge in [0.2, 0.25) is 11.4 Å². The number of rotatable bonds is 7. The maximum atomic E-state index is 9.04. The third-order valence-corrected chi connectivity index (χ3v) is 11.5. The van der Waals surface area contributed by atoms with Crippen LogP contribution < -0.4 is 13.9 Å². The summed E-state index contributed by atoms with van der Waals surface area (Å²) in [5.41, 5.74) is 11.3. The van der Waals surface area contributed by atoms with Crippen LogP contribution in [0.4, 0.5) is 22.7 Å². The van der Waals surface area contributed by atoms with Crippen LogP contribution in [-0.2, 0) is 10.8 Å². The summed E-state index contributed by atoms with van der Waals surface area (Å²) in [6.07, 6.45) is 1.75. The van der Waals surface area contributed by atoms with Crippen molar-refractivity contribution in [3.05, 3.63) is 193 Å². The standard InChI is InChI=1S/C56H48N4O/c1-55(2,3)40-30-31-57-53(34-40)60-49-25-14-13-24-45(49)46-29-28-44(36-52(46)60)61-43-23-17-22-42(35-43)58-37-59(51-27-16-15-26-50(51)58)54-47(38-18-9-7-10-19-38)32-41(56(4,5)6)33-48(54)39-20-11-8-12-21-39/h7-36H,1-6H3/q+2/i13D,14D,24D,25D. The molecule has 0 atom stereocenters. The Morgan fingerprint density at radius 3 is 1.85 bits per heavy atom. The fourth-order valence-corrected chi connectivity index (χ4v) is 8.23. The number of benzene rings is 7. The van der Waals surface area contributed by atoms with Crippen LogP contribution in [0.5, 0.6) is 11.5 Å². The van der Waals surface area contributed by atoms with Gasteiger partial charge < -0.3 is 4.74 Å². The summed E-state index contributed by atoms with van der Waals surface area (Å²) in [4.78, 5) is 4.75. The average molecular weight is 797 g/mol. The molecule has 10 rings (SSSR count). The van der Waals surface area contributed by atoms with Crippen LogP contribution in [0.15, 0.2) is 182 Å². The van der Waals surface area contributed by atoms with Gasteiger partial charge in [-0.15, -0.1) is 0 Å². The number of para-hydroxylation sites is 3. The second-order valence-electron chi connectivity index (χ2n) is 17.7. The third kappa shape index (κ3) is 6.93. The average Bonchev–Trinajstić information content (AvgIpc) is 3.86. The molecule has 2 aromatic heterocycles. The van der Waals surface area contributed by atoms with Crippen LogP contribution in [0.1, 0.15) is 58.2 Å². The van der Waals surface area contributed by atoms with Crippen LogP contribution in [0, 0.1) is 0 Å². The van der Waals surface area contributed by atoms with Crippen molar-refractivity contribution < 1.29 is 10.2 Å². The molecule has 0 radical (unpaired) electrons. The SMILES string of the molecule is [2H]c1c([2H])c([2H])c2c(c1[2H])c1ccc(Oc3cccc([N+]4=C=[N+](c5c(-c6ccccc6)cc(C(C)(C)C)cc5-c5ccccc5)c5ccccc54)c3)cc1n2-c1cc(C(C)(C)C)ccn1. The van der Waals surface area contributed by atoms with Gasteiger partial charge in [0.25, 0.3) is 11.4 Å². The highest BCUT2D eigenvalue weighted by molar-refractivity contribution is 6.09. The second-order valence-corrected chi connectivity index (χ2v) is 17.7. The zero-order chi connectivity index (χ0) is 45.4. The van der Waals surface area contributed by atoms with E-state index in [-0.39, 0.29) is 35.0 Å². The van der Waals surface area contributed by atoms with E-state index in [9.17, 15) is 0 Å². The van der Waals surface area contributed by atoms with E-state index in [1.54, 1.807) is 6.20 Å². The van der Waals surface area contributed by atoms with Gasteiger partial charge in [-0.1, -0.05) is 139 Å². The molecule has 61 heavy (non-hydrogen) atoms. The summed E-state index contributed by atoms with van der Waals surface area (Å²) in [5, 5.41) is 1.11. The van der Waals surface area contributed by atoms with Gasteiger partial charge in [0.15, 0.2) is 0 Å². The lowest BCUT2D eigenvalue weighted by atomic mass is 9.82. The van der Waals surface area contributed by atoms with E-state index in [1.807, 2.05) is 53.1 Å². The van der Waals surface area contributed by atoms with E-state index in [4.69, 9.17) is 15.2 Å². The molecule has 0 N–H and O–H groups in total. The predicted octanol–water partition coefficient (Wildman–Crippen LogP) is 14.8. The maximum absolute atomic E-state index is 9.04. The smallest absolute Gasteiger partial charge is 0.457 e. The van der Waals surface area contributed by atoms with Crippen LogP contribution in [-0.4, -0.2) is 15.6 Å². The maximum Gasteiger partial charge on any atom is 0.503 e. The molecular formula is C56H48N4O+2. The normalized spacial score (nSPS) is 13.6. The van der Waals surface area contributed by atoms with Crippen molar-refractivity contribution in [3.8, 4) is 39.6 Å². The predicted molar refractivity (Wildman–Crippen MR) is 254 cm³/mol. The van der Waals surface area contributed by atoms with Gasteiger partial charge in [0.1, 0.15) is 17.3 Å². The second kappa shape index (κ2) is 14.7. The Kier molecular flexibility index (Phi) is 8.09. The zero-order valence-corrected chi connectivity index (χ0v) is 35.2. The van der Waals surface area contributed by atoms with Crippen LogP contribution in [0.3, 0.4) is 0 Å². The number of pyridine rings is 1. The summed E-state index contributed by atoms with van der Waals surface area (Å²) >= 11 is 0. The van der Waals surface area contributed by atoms with Gasteiger partial charge in [0.05, 0.1) is 33.7 Å². The highest BCUT2D eigenvalue weighted by Gasteiger charge is 2.40. The van der Waals surface area contributed by atoms with Crippen LogP contribution in [0.2, 0.25) is 0 Å². The minimum Gasteiger partial charge on any atom is -0.457 e. The molecule has 0 fully saturated rings. The van der Waals surface area contributed by atoms with Crippen LogP contribution >= 0.6 is 0 Å². The lowest BCUT2D eigenvalue weighted by Crippen LogP contribution is -2.13. The van der Waals surface area contributed by atoms with Gasteiger partial charge >= 0.3 is 6.01 Å². The molecule has 0 saturated heterocycles. The first-order chi connectivity index (χ1) is 31.2. The first kappa shape index (κ1) is 33.5. The molecule has 3 heterocycles. The molecular weight excluding hydrogens is 745 g/mol. The summed E-state index contributed by atoms with van der Waals surface area (Å²) < 4.78 is 47.9. The molecule has 0 saturated carbocycles. The summed E-state index contributed by atoms with van der Waals surface area (Å²) in [5.74, 6) is 1.70. The van der Waals surface area contributed by atoms with E-state index in [0.717, 1.165) is 50.6 Å². The van der Waals surface area contributed by atoms with E-state index < -0.39 is 0 Å². The summed E-state index contributed by atoms with van der Waals surface area (Å²) in [6, 6.07) is 54.7. The Hall–Kier alpha value is -7.33. The Morgan fingerprint density at radius 2 is 1.18 bits per heavy atom. The lowest BCUT2D eigenvalue weighted by Gasteiger charge is -2.22. The number of ether oxygens (including phenoxy) is 1. The molecule has 7 aromatic carbocycles. The largest absolute Gasteiger partial charge is 0.503 e. The Balaban J connectivity index is 1.14. The van der Waals surface area contributed by atoms with Gasteiger partial charge in [-0.3, -0.25) is 4.57 Å². The Bertz CT molecular complexity index is 3390. The first-order valence-electron chi connectivity index (χ1n) is 22.7. The van der Waals surface area contributed by atoms with Gasteiger partial charge in [-0.05, 0) is 90.7 Å². The van der Waals surface area contributed by atoms with E-state index >= 15 is 0 Å². The van der Waals surface area contributed by atoms with Crippen molar-refractivity contribution in [2.24, 2.45) is 0 Å². The molecule has 1 aliphatic heterocycles. The molecule has 296 valence electrons. The topological polar surface area (TPSA) is 33.1 Å². The van der Waals surface area contributed by atoms with Crippen LogP contribution in [0.25, 0.3) is 49.9 Å². The Labute approximate surface area is 363 Å². The molecule has 0 amide bonds. The molecule has 0 spiro atoms. The number of hydrogen-bond acceptors (Lipinski definition) is 2. The summed E-state index contributed by atoms with van der Waals surface area (Å²) in [6.45, 7) is 13.2. The molecule has 0 unspecified atom stereocenters. The number of hydrogen-bond donors (Lipinski definition) is 0. The molecule has 5 heteroatoms. The minimum absolute atomic E-state index is 0.0949. The number of nitrogens with zero attached hydrogens (tertiary/aromatic N) is 4. The minimum atomic E-state index is -0.294. The zero-order valence-electron chi connectivity index (χ0n) is 39.2. The van der Waals surface area contributed by atoms with Crippen molar-refractivity contribution in [1.82, 2.24) is 18.7 Å². The van der Waals surface area contributed by atoms with E-state index in [1.165, 1.54) is 5.56 Å². The van der Waals surface area contributed by atoms with Crippen molar-refractivity contribution in [2.45, 2.75) is 52.4 Å². The Morgan fingerprint density at radius 1 is 0.557 bits per heavy atom. The summed E-state index contributed by atoms with van der Waals surface area (Å²) in [7, 11) is 0. The van der Waals surface area contributed by atoms with Gasteiger partial charge in [-0.25, -0.2) is 4.98 Å². The van der Waals surface area contributed by atoms with Gasteiger partial charge in [0, 0.05) is 41.2 Å². The molecule has 9 aromatic rings. The molecule has 1 aliphatic rings. The van der Waals surface area contributed by atoms with Crippen molar-refractivity contribution in [1.29, 1.82) is 0 Å². The number of fused-ring (bicyclic) bond motifs is 4. The first-order valence-corrected chi connectivity index (χ1v) is 20.7. The van der Waals surface area contributed by atoms with Crippen molar-refractivity contribution in [3.63, 3.8) is 0 Å². The van der Waals surface area contributed by atoms with Crippen molar-refractivity contribution >= 4 is 50.6 Å². The molecule has 0 bridgehead atoms. The quantitative estimate of drug-likeness (QED) is 0.151. The molecule has 5 nitrogen and oxygen atoms in total. The fourth-order valence-electron chi connectivity index (χ4n) is 8.23. The van der Waals surface area contributed by atoms with Crippen molar-refractivity contribution in [2.75, 3.05) is 0 Å². The molecule has 0 aliphatic carbocycles. The van der Waals surface area contributed by atoms with E-state index in [2.05, 4.69) is 160 Å². The van der Waals surface area contributed by atoms with E-state index in [0.29, 0.717) is 39.1 Å².